The van der Waals surface area contributed by atoms with E-state index in [2.05, 4.69) is 42.8 Å². The molecule has 0 bridgehead atoms. The van der Waals surface area contributed by atoms with Crippen molar-refractivity contribution in [2.24, 2.45) is 5.92 Å². The van der Waals surface area contributed by atoms with Gasteiger partial charge >= 0.3 is 6.09 Å². The average Bonchev–Trinajstić information content (AvgIpc) is 3.70. The Bertz CT molecular complexity index is 803. The Balaban J connectivity index is 1.26. The first-order valence-corrected chi connectivity index (χ1v) is 13.1. The van der Waals surface area contributed by atoms with Gasteiger partial charge in [-0.15, -0.1) is 0 Å². The summed E-state index contributed by atoms with van der Waals surface area (Å²) >= 11 is 0. The lowest BCUT2D eigenvalue weighted by molar-refractivity contribution is -0.121. The Kier molecular flexibility index (Phi) is 8.10. The lowest BCUT2D eigenvalue weighted by atomic mass is 9.68. The van der Waals surface area contributed by atoms with Crippen LogP contribution in [0.15, 0.2) is 11.6 Å². The molecule has 4 aliphatic rings. The fraction of sp³-hybridized carbons (Fsp3) is 0.846. The first-order valence-electron chi connectivity index (χ1n) is 13.1. The van der Waals surface area contributed by atoms with Gasteiger partial charge in [0.25, 0.3) is 0 Å². The van der Waals surface area contributed by atoms with Crippen LogP contribution in [0, 0.1) is 5.92 Å². The van der Waals surface area contributed by atoms with Crippen molar-refractivity contribution in [3.8, 4) is 0 Å². The zero-order valence-electron chi connectivity index (χ0n) is 21.9. The summed E-state index contributed by atoms with van der Waals surface area (Å²) in [7, 11) is 3.48. The largest absolute Gasteiger partial charge is 0.446 e. The van der Waals surface area contributed by atoms with Crippen molar-refractivity contribution in [3.63, 3.8) is 0 Å². The Labute approximate surface area is 209 Å². The number of hydrogen-bond donors (Lipinski definition) is 3. The van der Waals surface area contributed by atoms with Crippen molar-refractivity contribution in [2.75, 3.05) is 27.3 Å². The van der Waals surface area contributed by atoms with E-state index in [4.69, 9.17) is 18.9 Å². The second-order valence-electron chi connectivity index (χ2n) is 11.2. The van der Waals surface area contributed by atoms with E-state index in [1.165, 1.54) is 5.57 Å². The average molecular weight is 494 g/mol. The number of carbonyl (C=O) groups excluding carboxylic acids is 2. The molecule has 2 amide bonds. The van der Waals surface area contributed by atoms with E-state index in [9.17, 15) is 9.59 Å². The van der Waals surface area contributed by atoms with Gasteiger partial charge in [0.1, 0.15) is 17.3 Å². The molecule has 198 valence electrons. The topological polar surface area (TPSA) is 114 Å². The maximum Gasteiger partial charge on any atom is 0.407 e. The van der Waals surface area contributed by atoms with Gasteiger partial charge in [-0.25, -0.2) is 4.79 Å². The van der Waals surface area contributed by atoms with Crippen molar-refractivity contribution in [1.82, 2.24) is 16.0 Å². The summed E-state index contributed by atoms with van der Waals surface area (Å²) in [5, 5.41) is 8.93. The standard InChI is InChI=1S/C26H43N3O6/c1-16(2)6-11-21-25(3,35-21)23-20(32-5)12-19(13-26(23)15-33-26)34-24(31)29-18-9-7-17(8-10-18)28-22(30)14-27-4/h6,17-21,23,27H,7-15H2,1-5H3,(H,28,30)(H,29,31)/t17?,18?,19?,20?,21-,23?,25+,26+/m1/s1. The summed E-state index contributed by atoms with van der Waals surface area (Å²) in [6.45, 7) is 7.34. The minimum Gasteiger partial charge on any atom is -0.446 e. The number of amides is 2. The third-order valence-corrected chi connectivity index (χ3v) is 8.19. The van der Waals surface area contributed by atoms with Gasteiger partial charge in [-0.2, -0.15) is 0 Å². The molecule has 0 aromatic rings. The molecule has 3 N–H and O–H groups in total. The fourth-order valence-corrected chi connectivity index (χ4v) is 6.28. The molecule has 0 aromatic carbocycles. The SMILES string of the molecule is CNCC(=O)NC1CCC(NC(=O)OC2CC(OC)C([C@@]3(C)O[C@@H]3CC=C(C)C)[C@@]3(CO3)C2)CC1. The van der Waals surface area contributed by atoms with Gasteiger partial charge in [-0.1, -0.05) is 11.6 Å². The maximum absolute atomic E-state index is 12.7. The van der Waals surface area contributed by atoms with Crippen molar-refractivity contribution < 1.29 is 28.5 Å². The molecule has 4 rings (SSSR count). The molecule has 9 nitrogen and oxygen atoms in total. The zero-order valence-corrected chi connectivity index (χ0v) is 21.9. The van der Waals surface area contributed by atoms with E-state index in [0.717, 1.165) is 32.1 Å². The Morgan fingerprint density at radius 3 is 2.34 bits per heavy atom. The maximum atomic E-state index is 12.7. The molecular weight excluding hydrogens is 450 g/mol. The minimum atomic E-state index is -0.378. The Morgan fingerprint density at radius 2 is 1.77 bits per heavy atom. The first kappa shape index (κ1) is 26.4. The molecule has 4 fully saturated rings. The number of rotatable bonds is 9. The molecule has 2 aliphatic heterocycles. The van der Waals surface area contributed by atoms with Gasteiger partial charge in [0.2, 0.25) is 5.91 Å². The molecule has 9 heteroatoms. The number of epoxide rings is 2. The predicted molar refractivity (Wildman–Crippen MR) is 131 cm³/mol. The second kappa shape index (κ2) is 10.7. The summed E-state index contributed by atoms with van der Waals surface area (Å²) in [5.41, 5.74) is 0.665. The summed E-state index contributed by atoms with van der Waals surface area (Å²) in [6, 6.07) is 0.233. The van der Waals surface area contributed by atoms with Crippen LogP contribution in [0.25, 0.3) is 0 Å². The monoisotopic (exact) mass is 493 g/mol. The highest BCUT2D eigenvalue weighted by Gasteiger charge is 2.71. The minimum absolute atomic E-state index is 0.0107. The van der Waals surface area contributed by atoms with Gasteiger partial charge < -0.3 is 34.9 Å². The van der Waals surface area contributed by atoms with Crippen LogP contribution in [0.3, 0.4) is 0 Å². The Morgan fingerprint density at radius 1 is 1.11 bits per heavy atom. The summed E-state index contributed by atoms with van der Waals surface area (Å²) < 4.78 is 24.0. The number of methoxy groups -OCH3 is 1. The summed E-state index contributed by atoms with van der Waals surface area (Å²) in [5.74, 6) is 0.128. The highest BCUT2D eigenvalue weighted by atomic mass is 16.6. The highest BCUT2D eigenvalue weighted by Crippen LogP contribution is 2.59. The van der Waals surface area contributed by atoms with Crippen LogP contribution in [-0.4, -0.2) is 80.9 Å². The van der Waals surface area contributed by atoms with Crippen LogP contribution < -0.4 is 16.0 Å². The molecular formula is C26H43N3O6. The molecule has 2 heterocycles. The van der Waals surface area contributed by atoms with Gasteiger partial charge in [0.15, 0.2) is 0 Å². The number of allylic oxidation sites excluding steroid dienone is 1. The molecule has 0 radical (unpaired) electrons. The van der Waals surface area contributed by atoms with Gasteiger partial charge in [0, 0.05) is 38.0 Å². The van der Waals surface area contributed by atoms with Crippen LogP contribution in [0.4, 0.5) is 4.79 Å². The van der Waals surface area contributed by atoms with Crippen LogP contribution in [-0.2, 0) is 23.7 Å². The van der Waals surface area contributed by atoms with E-state index in [-0.39, 0.29) is 59.5 Å². The zero-order chi connectivity index (χ0) is 25.2. The van der Waals surface area contributed by atoms with Crippen LogP contribution in [0.2, 0.25) is 0 Å². The molecule has 2 saturated heterocycles. The summed E-state index contributed by atoms with van der Waals surface area (Å²) in [4.78, 5) is 24.5. The quantitative estimate of drug-likeness (QED) is 0.334. The molecule has 3 unspecified atom stereocenters. The van der Waals surface area contributed by atoms with E-state index >= 15 is 0 Å². The van der Waals surface area contributed by atoms with Crippen LogP contribution in [0.1, 0.15) is 65.7 Å². The second-order valence-corrected chi connectivity index (χ2v) is 11.2. The Hall–Kier alpha value is -1.68. The molecule has 0 aromatic heterocycles. The predicted octanol–water partition coefficient (Wildman–Crippen LogP) is 2.44. The van der Waals surface area contributed by atoms with Gasteiger partial charge in [-0.05, 0) is 59.9 Å². The van der Waals surface area contributed by atoms with E-state index in [0.29, 0.717) is 26.0 Å². The van der Waals surface area contributed by atoms with Crippen LogP contribution >= 0.6 is 0 Å². The molecule has 1 spiro atoms. The number of alkyl carbamates (subject to hydrolysis) is 1. The third kappa shape index (κ3) is 6.18. The van der Waals surface area contributed by atoms with Crippen molar-refractivity contribution in [2.45, 2.75) is 107 Å². The molecule has 2 aliphatic carbocycles. The van der Waals surface area contributed by atoms with E-state index in [1.54, 1.807) is 14.2 Å². The van der Waals surface area contributed by atoms with Gasteiger partial charge in [0.05, 0.1) is 25.4 Å². The number of likely N-dealkylation sites (N-methyl/N-ethyl adjacent to an activating group) is 1. The summed E-state index contributed by atoms with van der Waals surface area (Å²) in [6.07, 6.45) is 7.20. The highest BCUT2D eigenvalue weighted by molar-refractivity contribution is 5.78. The lowest BCUT2D eigenvalue weighted by Gasteiger charge is -2.41. The van der Waals surface area contributed by atoms with Gasteiger partial charge in [-0.3, -0.25) is 4.79 Å². The van der Waals surface area contributed by atoms with Crippen molar-refractivity contribution in [3.05, 3.63) is 11.6 Å². The van der Waals surface area contributed by atoms with E-state index in [1.807, 2.05) is 0 Å². The molecule has 2 saturated carbocycles. The van der Waals surface area contributed by atoms with Crippen molar-refractivity contribution >= 4 is 12.0 Å². The normalized spacial score (nSPS) is 40.0. The number of carbonyl (C=O) groups is 2. The number of ether oxygens (including phenoxy) is 4. The lowest BCUT2D eigenvalue weighted by Crippen LogP contribution is -2.53. The molecule has 35 heavy (non-hydrogen) atoms. The molecule has 6 atom stereocenters. The number of hydrogen-bond acceptors (Lipinski definition) is 7. The third-order valence-electron chi connectivity index (χ3n) is 8.19. The van der Waals surface area contributed by atoms with Crippen LogP contribution in [0.5, 0.6) is 0 Å². The number of nitrogens with one attached hydrogen (secondary N) is 3. The van der Waals surface area contributed by atoms with Crippen molar-refractivity contribution in [1.29, 1.82) is 0 Å². The first-order chi connectivity index (χ1) is 16.7. The fourth-order valence-electron chi connectivity index (χ4n) is 6.28. The van der Waals surface area contributed by atoms with E-state index < -0.39 is 0 Å². The smallest absolute Gasteiger partial charge is 0.407 e.